The molecule has 0 saturated carbocycles. The van der Waals surface area contributed by atoms with Gasteiger partial charge in [0.25, 0.3) is 0 Å². The SMILES string of the molecule is CC(=O)NCCCCCC(=O)NCCNC(=O)CCCCCNC=O. The normalized spacial score (nSPS) is 9.96. The van der Waals surface area contributed by atoms with Crippen molar-refractivity contribution >= 4 is 24.1 Å². The van der Waals surface area contributed by atoms with Crippen LogP contribution in [0.4, 0.5) is 0 Å². The molecule has 0 aliphatic carbocycles. The van der Waals surface area contributed by atoms with Crippen molar-refractivity contribution in [3.63, 3.8) is 0 Å². The molecule has 25 heavy (non-hydrogen) atoms. The lowest BCUT2D eigenvalue weighted by Gasteiger charge is -2.07. The second-order valence-electron chi connectivity index (χ2n) is 5.88. The van der Waals surface area contributed by atoms with Gasteiger partial charge in [-0.15, -0.1) is 0 Å². The zero-order valence-electron chi connectivity index (χ0n) is 15.2. The van der Waals surface area contributed by atoms with Crippen LogP contribution in [-0.2, 0) is 19.2 Å². The number of amides is 4. The molecule has 0 fully saturated rings. The Bertz CT molecular complexity index is 402. The van der Waals surface area contributed by atoms with E-state index in [0.717, 1.165) is 38.5 Å². The molecule has 0 aromatic rings. The highest BCUT2D eigenvalue weighted by atomic mass is 16.2. The van der Waals surface area contributed by atoms with Crippen LogP contribution in [0, 0.1) is 0 Å². The Kier molecular flexibility index (Phi) is 15.3. The molecular formula is C17H32N4O4. The molecule has 4 amide bonds. The van der Waals surface area contributed by atoms with Gasteiger partial charge in [0.2, 0.25) is 24.1 Å². The average Bonchev–Trinajstić information content (AvgIpc) is 2.57. The predicted octanol–water partition coefficient (Wildman–Crippen LogP) is 0.222. The van der Waals surface area contributed by atoms with Crippen LogP contribution >= 0.6 is 0 Å². The Hall–Kier alpha value is -2.12. The van der Waals surface area contributed by atoms with E-state index in [0.29, 0.717) is 45.4 Å². The number of rotatable bonds is 16. The van der Waals surface area contributed by atoms with Gasteiger partial charge in [-0.1, -0.05) is 12.8 Å². The van der Waals surface area contributed by atoms with E-state index >= 15 is 0 Å². The van der Waals surface area contributed by atoms with E-state index in [1.807, 2.05) is 0 Å². The van der Waals surface area contributed by atoms with Gasteiger partial charge in [0, 0.05) is 45.9 Å². The van der Waals surface area contributed by atoms with E-state index in [2.05, 4.69) is 21.3 Å². The summed E-state index contributed by atoms with van der Waals surface area (Å²) in [7, 11) is 0. The number of carbonyl (C=O) groups is 4. The number of hydrogen-bond donors (Lipinski definition) is 4. The fourth-order valence-electron chi connectivity index (χ4n) is 2.18. The van der Waals surface area contributed by atoms with Gasteiger partial charge in [0.1, 0.15) is 0 Å². The van der Waals surface area contributed by atoms with Gasteiger partial charge in [-0.2, -0.15) is 0 Å². The van der Waals surface area contributed by atoms with Crippen LogP contribution in [0.2, 0.25) is 0 Å². The van der Waals surface area contributed by atoms with Gasteiger partial charge in [-0.25, -0.2) is 0 Å². The number of nitrogens with one attached hydrogen (secondary N) is 4. The molecule has 8 heteroatoms. The van der Waals surface area contributed by atoms with E-state index < -0.39 is 0 Å². The van der Waals surface area contributed by atoms with Crippen LogP contribution in [0.5, 0.6) is 0 Å². The molecule has 0 saturated heterocycles. The van der Waals surface area contributed by atoms with E-state index in [-0.39, 0.29) is 17.7 Å². The molecule has 0 bridgehead atoms. The topological polar surface area (TPSA) is 116 Å². The second-order valence-corrected chi connectivity index (χ2v) is 5.88. The molecule has 144 valence electrons. The first-order valence-corrected chi connectivity index (χ1v) is 9.01. The van der Waals surface area contributed by atoms with E-state index in [1.54, 1.807) is 0 Å². The Morgan fingerprint density at radius 3 is 1.68 bits per heavy atom. The Morgan fingerprint density at radius 2 is 1.20 bits per heavy atom. The van der Waals surface area contributed by atoms with Crippen LogP contribution in [0.1, 0.15) is 58.3 Å². The summed E-state index contributed by atoms with van der Waals surface area (Å²) in [4.78, 5) is 43.9. The van der Waals surface area contributed by atoms with Crippen LogP contribution < -0.4 is 21.3 Å². The number of carbonyl (C=O) groups excluding carboxylic acids is 4. The molecule has 0 unspecified atom stereocenters. The van der Waals surface area contributed by atoms with E-state index in [9.17, 15) is 19.2 Å². The maximum Gasteiger partial charge on any atom is 0.220 e. The Balaban J connectivity index is 3.36. The molecular weight excluding hydrogens is 324 g/mol. The average molecular weight is 356 g/mol. The molecule has 0 heterocycles. The third-order valence-corrected chi connectivity index (χ3v) is 3.53. The van der Waals surface area contributed by atoms with Gasteiger partial charge in [0.05, 0.1) is 0 Å². The molecule has 4 N–H and O–H groups in total. The smallest absolute Gasteiger partial charge is 0.220 e. The van der Waals surface area contributed by atoms with E-state index in [1.165, 1.54) is 6.92 Å². The van der Waals surface area contributed by atoms with Crippen LogP contribution in [0.25, 0.3) is 0 Å². The molecule has 0 aliphatic rings. The summed E-state index contributed by atoms with van der Waals surface area (Å²) in [5.41, 5.74) is 0. The molecule has 0 aliphatic heterocycles. The lowest BCUT2D eigenvalue weighted by molar-refractivity contribution is -0.123. The second kappa shape index (κ2) is 16.7. The monoisotopic (exact) mass is 356 g/mol. The summed E-state index contributed by atoms with van der Waals surface area (Å²) in [6.07, 6.45) is 6.70. The van der Waals surface area contributed by atoms with Crippen molar-refractivity contribution in [2.45, 2.75) is 58.3 Å². The fraction of sp³-hybridized carbons (Fsp3) is 0.765. The number of unbranched alkanes of at least 4 members (excludes halogenated alkanes) is 4. The molecule has 0 spiro atoms. The first kappa shape index (κ1) is 22.9. The highest BCUT2D eigenvalue weighted by Gasteiger charge is 2.03. The van der Waals surface area contributed by atoms with Crippen molar-refractivity contribution in [1.82, 2.24) is 21.3 Å². The van der Waals surface area contributed by atoms with Crippen LogP contribution in [0.3, 0.4) is 0 Å². The molecule has 0 atom stereocenters. The fourth-order valence-corrected chi connectivity index (χ4v) is 2.18. The lowest BCUT2D eigenvalue weighted by Crippen LogP contribution is -2.34. The number of hydrogen-bond acceptors (Lipinski definition) is 4. The maximum atomic E-state index is 11.6. The van der Waals surface area contributed by atoms with Gasteiger partial charge in [-0.3, -0.25) is 19.2 Å². The van der Waals surface area contributed by atoms with Crippen molar-refractivity contribution in [2.24, 2.45) is 0 Å². The zero-order chi connectivity index (χ0) is 18.8. The minimum absolute atomic E-state index is 0.0172. The summed E-state index contributed by atoms with van der Waals surface area (Å²) in [5, 5.41) is 10.8. The maximum absolute atomic E-state index is 11.6. The Morgan fingerprint density at radius 1 is 0.680 bits per heavy atom. The van der Waals surface area contributed by atoms with E-state index in [4.69, 9.17) is 0 Å². The minimum atomic E-state index is -0.0327. The van der Waals surface area contributed by atoms with Gasteiger partial charge in [0.15, 0.2) is 0 Å². The highest BCUT2D eigenvalue weighted by Crippen LogP contribution is 1.99. The summed E-state index contributed by atoms with van der Waals surface area (Å²) in [6, 6.07) is 0. The minimum Gasteiger partial charge on any atom is -0.359 e. The lowest BCUT2D eigenvalue weighted by atomic mass is 10.2. The van der Waals surface area contributed by atoms with Gasteiger partial charge < -0.3 is 21.3 Å². The van der Waals surface area contributed by atoms with Crippen molar-refractivity contribution in [3.8, 4) is 0 Å². The first-order chi connectivity index (χ1) is 12.1. The molecule has 8 nitrogen and oxygen atoms in total. The first-order valence-electron chi connectivity index (χ1n) is 9.01. The predicted molar refractivity (Wildman–Crippen MR) is 95.7 cm³/mol. The van der Waals surface area contributed by atoms with Crippen molar-refractivity contribution < 1.29 is 19.2 Å². The quantitative estimate of drug-likeness (QED) is 0.234. The largest absolute Gasteiger partial charge is 0.359 e. The Labute approximate surface area is 149 Å². The van der Waals surface area contributed by atoms with Crippen LogP contribution in [-0.4, -0.2) is 50.3 Å². The standard InChI is InChI=1S/C17H32N4O4/c1-15(23)19-11-7-3-5-9-17(25)21-13-12-20-16(24)8-4-2-6-10-18-14-22/h14H,2-13H2,1H3,(H,18,22)(H,19,23)(H,20,24)(H,21,25). The third-order valence-electron chi connectivity index (χ3n) is 3.53. The molecule has 0 aromatic carbocycles. The highest BCUT2D eigenvalue weighted by molar-refractivity contribution is 5.77. The van der Waals surface area contributed by atoms with Gasteiger partial charge >= 0.3 is 0 Å². The summed E-state index contributed by atoms with van der Waals surface area (Å²) in [6.45, 7) is 3.64. The van der Waals surface area contributed by atoms with Crippen molar-refractivity contribution in [1.29, 1.82) is 0 Å². The molecule has 0 rings (SSSR count). The summed E-state index contributed by atoms with van der Waals surface area (Å²) < 4.78 is 0. The summed E-state index contributed by atoms with van der Waals surface area (Å²) >= 11 is 0. The van der Waals surface area contributed by atoms with Gasteiger partial charge in [-0.05, 0) is 25.7 Å². The third kappa shape index (κ3) is 18.1. The molecule has 0 radical (unpaired) electrons. The van der Waals surface area contributed by atoms with Crippen LogP contribution in [0.15, 0.2) is 0 Å². The van der Waals surface area contributed by atoms with Crippen molar-refractivity contribution in [3.05, 3.63) is 0 Å². The van der Waals surface area contributed by atoms with Crippen molar-refractivity contribution in [2.75, 3.05) is 26.2 Å². The molecule has 0 aromatic heterocycles. The zero-order valence-corrected chi connectivity index (χ0v) is 15.2. The summed E-state index contributed by atoms with van der Waals surface area (Å²) in [5.74, 6) is -0.0679.